The maximum Gasteiger partial charge on any atom is 0.127 e. The highest BCUT2D eigenvalue weighted by molar-refractivity contribution is 5.77. The molecule has 1 N–H and O–H groups in total. The summed E-state index contributed by atoms with van der Waals surface area (Å²) in [5.74, 6) is 1.94. The third-order valence-corrected chi connectivity index (χ3v) is 4.38. The lowest BCUT2D eigenvalue weighted by Gasteiger charge is -2.22. The average Bonchev–Trinajstić information content (AvgIpc) is 2.65. The van der Waals surface area contributed by atoms with E-state index in [4.69, 9.17) is 18.9 Å². The first-order chi connectivity index (χ1) is 13.0. The Morgan fingerprint density at radius 3 is 2.04 bits per heavy atom. The molecule has 5 heteroatoms. The number of hydrogen-bond acceptors (Lipinski definition) is 5. The summed E-state index contributed by atoms with van der Waals surface area (Å²) in [5.41, 5.74) is 3.93. The van der Waals surface area contributed by atoms with Gasteiger partial charge >= 0.3 is 0 Å². The van der Waals surface area contributed by atoms with E-state index in [1.54, 1.807) is 20.3 Å². The van der Waals surface area contributed by atoms with Gasteiger partial charge in [-0.1, -0.05) is 26.0 Å². The van der Waals surface area contributed by atoms with Crippen LogP contribution < -0.4 is 9.47 Å². The standard InChI is InChI=1S/C22H30O5/c1-15(2)21-20(27-13-11-25-5)14-19(23)16(3)22(21)17-6-8-18(9-7-17)26-12-10-24-4/h6-9,14-15,23H,10-13H2,1-5H3. The summed E-state index contributed by atoms with van der Waals surface area (Å²) < 4.78 is 21.6. The van der Waals surface area contributed by atoms with Gasteiger partial charge < -0.3 is 24.1 Å². The van der Waals surface area contributed by atoms with Gasteiger partial charge in [-0.2, -0.15) is 0 Å². The molecule has 2 aromatic carbocycles. The minimum absolute atomic E-state index is 0.224. The number of ether oxygens (including phenoxy) is 4. The third-order valence-electron chi connectivity index (χ3n) is 4.38. The van der Waals surface area contributed by atoms with Crippen molar-refractivity contribution in [3.8, 4) is 28.4 Å². The largest absolute Gasteiger partial charge is 0.508 e. The van der Waals surface area contributed by atoms with Gasteiger partial charge in [0.15, 0.2) is 0 Å². The molecule has 0 aliphatic rings. The second kappa shape index (κ2) is 10.2. The summed E-state index contributed by atoms with van der Waals surface area (Å²) >= 11 is 0. The Morgan fingerprint density at radius 1 is 0.889 bits per heavy atom. The highest BCUT2D eigenvalue weighted by atomic mass is 16.5. The number of aromatic hydroxyl groups is 1. The molecular weight excluding hydrogens is 344 g/mol. The van der Waals surface area contributed by atoms with Gasteiger partial charge in [-0.05, 0) is 41.7 Å². The van der Waals surface area contributed by atoms with Crippen LogP contribution in [0, 0.1) is 6.92 Å². The Bertz CT molecular complexity index is 722. The first-order valence-electron chi connectivity index (χ1n) is 9.20. The molecule has 0 aromatic heterocycles. The van der Waals surface area contributed by atoms with Crippen LogP contribution in [0.25, 0.3) is 11.1 Å². The number of rotatable bonds is 10. The molecule has 0 heterocycles. The molecule has 0 radical (unpaired) electrons. The molecule has 0 saturated heterocycles. The smallest absolute Gasteiger partial charge is 0.127 e. The van der Waals surface area contributed by atoms with E-state index in [-0.39, 0.29) is 11.7 Å². The molecule has 0 amide bonds. The lowest BCUT2D eigenvalue weighted by molar-refractivity contribution is 0.145. The molecule has 2 rings (SSSR count). The molecule has 0 aliphatic carbocycles. The zero-order chi connectivity index (χ0) is 19.8. The van der Waals surface area contributed by atoms with E-state index in [2.05, 4.69) is 13.8 Å². The van der Waals surface area contributed by atoms with Crippen molar-refractivity contribution in [2.45, 2.75) is 26.7 Å². The van der Waals surface area contributed by atoms with Gasteiger partial charge in [-0.15, -0.1) is 0 Å². The fourth-order valence-electron chi connectivity index (χ4n) is 3.02. The van der Waals surface area contributed by atoms with Crippen LogP contribution in [0.5, 0.6) is 17.2 Å². The summed E-state index contributed by atoms with van der Waals surface area (Å²) in [6.45, 7) is 8.17. The summed E-state index contributed by atoms with van der Waals surface area (Å²) in [5, 5.41) is 10.5. The Kier molecular flexibility index (Phi) is 7.95. The molecule has 0 aliphatic heterocycles. The van der Waals surface area contributed by atoms with E-state index in [9.17, 15) is 5.11 Å². The Morgan fingerprint density at radius 2 is 1.48 bits per heavy atom. The maximum absolute atomic E-state index is 10.5. The zero-order valence-corrected chi connectivity index (χ0v) is 16.9. The van der Waals surface area contributed by atoms with Crippen molar-refractivity contribution < 1.29 is 24.1 Å². The van der Waals surface area contributed by atoms with Crippen LogP contribution in [0.4, 0.5) is 0 Å². The second-order valence-corrected chi connectivity index (χ2v) is 6.67. The van der Waals surface area contributed by atoms with Crippen molar-refractivity contribution in [2.24, 2.45) is 0 Å². The zero-order valence-electron chi connectivity index (χ0n) is 16.9. The van der Waals surface area contributed by atoms with Gasteiger partial charge in [0.2, 0.25) is 0 Å². The predicted octanol–water partition coefficient (Wildman–Crippen LogP) is 4.54. The van der Waals surface area contributed by atoms with E-state index >= 15 is 0 Å². The van der Waals surface area contributed by atoms with Gasteiger partial charge in [-0.25, -0.2) is 0 Å². The molecule has 27 heavy (non-hydrogen) atoms. The predicted molar refractivity (Wildman–Crippen MR) is 107 cm³/mol. The first kappa shape index (κ1) is 21.1. The molecule has 2 aromatic rings. The second-order valence-electron chi connectivity index (χ2n) is 6.67. The lowest BCUT2D eigenvalue weighted by Crippen LogP contribution is -2.08. The van der Waals surface area contributed by atoms with Crippen LogP contribution in [-0.2, 0) is 9.47 Å². The number of phenols is 1. The minimum atomic E-state index is 0.224. The molecule has 0 unspecified atom stereocenters. The number of hydrogen-bond donors (Lipinski definition) is 1. The Balaban J connectivity index is 2.41. The highest BCUT2D eigenvalue weighted by Gasteiger charge is 2.20. The summed E-state index contributed by atoms with van der Waals surface area (Å²) in [6, 6.07) is 9.59. The van der Waals surface area contributed by atoms with Crippen molar-refractivity contribution >= 4 is 0 Å². The van der Waals surface area contributed by atoms with E-state index < -0.39 is 0 Å². The third kappa shape index (κ3) is 5.37. The van der Waals surface area contributed by atoms with Crippen molar-refractivity contribution in [1.82, 2.24) is 0 Å². The summed E-state index contributed by atoms with van der Waals surface area (Å²) in [7, 11) is 3.29. The summed E-state index contributed by atoms with van der Waals surface area (Å²) in [6.07, 6.45) is 0. The molecule has 148 valence electrons. The summed E-state index contributed by atoms with van der Waals surface area (Å²) in [4.78, 5) is 0. The van der Waals surface area contributed by atoms with Crippen molar-refractivity contribution in [2.75, 3.05) is 40.6 Å². The molecule has 0 fully saturated rings. The van der Waals surface area contributed by atoms with Crippen molar-refractivity contribution in [3.05, 3.63) is 41.5 Å². The minimum Gasteiger partial charge on any atom is -0.508 e. The van der Waals surface area contributed by atoms with Crippen LogP contribution in [0.3, 0.4) is 0 Å². The van der Waals surface area contributed by atoms with Crippen LogP contribution in [0.2, 0.25) is 0 Å². The van der Waals surface area contributed by atoms with Gasteiger partial charge in [-0.3, -0.25) is 0 Å². The van der Waals surface area contributed by atoms with E-state index in [0.29, 0.717) is 32.2 Å². The topological polar surface area (TPSA) is 57.2 Å². The molecule has 0 bridgehead atoms. The van der Waals surface area contributed by atoms with Gasteiger partial charge in [0.05, 0.1) is 13.2 Å². The van der Waals surface area contributed by atoms with Crippen molar-refractivity contribution in [1.29, 1.82) is 0 Å². The number of benzene rings is 2. The fourth-order valence-corrected chi connectivity index (χ4v) is 3.02. The molecular formula is C22H30O5. The maximum atomic E-state index is 10.5. The quantitative estimate of drug-likeness (QED) is 0.619. The highest BCUT2D eigenvalue weighted by Crippen LogP contribution is 2.43. The van der Waals surface area contributed by atoms with Crippen LogP contribution in [-0.4, -0.2) is 45.8 Å². The normalized spacial score (nSPS) is 11.0. The van der Waals surface area contributed by atoms with Crippen LogP contribution in [0.1, 0.15) is 30.9 Å². The monoisotopic (exact) mass is 374 g/mol. The van der Waals surface area contributed by atoms with Crippen molar-refractivity contribution in [3.63, 3.8) is 0 Å². The van der Waals surface area contributed by atoms with Gasteiger partial charge in [0.25, 0.3) is 0 Å². The van der Waals surface area contributed by atoms with Crippen LogP contribution in [0.15, 0.2) is 30.3 Å². The SMILES string of the molecule is COCCOc1ccc(-c2c(C)c(O)cc(OCCOC)c2C(C)C)cc1. The molecule has 5 nitrogen and oxygen atoms in total. The molecule has 0 saturated carbocycles. The molecule has 0 atom stereocenters. The lowest BCUT2D eigenvalue weighted by atomic mass is 9.88. The Hall–Kier alpha value is -2.24. The molecule has 0 spiro atoms. The van der Waals surface area contributed by atoms with E-state index in [1.165, 1.54) is 0 Å². The van der Waals surface area contributed by atoms with E-state index in [1.807, 2.05) is 31.2 Å². The van der Waals surface area contributed by atoms with Crippen LogP contribution >= 0.6 is 0 Å². The number of phenolic OH excluding ortho intramolecular Hbond substituents is 1. The van der Waals surface area contributed by atoms with E-state index in [0.717, 1.165) is 28.0 Å². The van der Waals surface area contributed by atoms with Gasteiger partial charge in [0.1, 0.15) is 30.5 Å². The average molecular weight is 374 g/mol. The Labute approximate surface area is 161 Å². The first-order valence-corrected chi connectivity index (χ1v) is 9.20. The van der Waals surface area contributed by atoms with Gasteiger partial charge in [0, 0.05) is 25.8 Å². The fraction of sp³-hybridized carbons (Fsp3) is 0.455. The number of methoxy groups -OCH3 is 2.